The smallest absolute Gasteiger partial charge is 0.161 e. The van der Waals surface area contributed by atoms with Gasteiger partial charge in [-0.05, 0) is 44.5 Å². The van der Waals surface area contributed by atoms with Crippen LogP contribution in [0.2, 0.25) is 0 Å². The van der Waals surface area contributed by atoms with Crippen LogP contribution in [0.5, 0.6) is 0 Å². The Hall–Kier alpha value is -1.97. The van der Waals surface area contributed by atoms with Crippen molar-refractivity contribution in [3.05, 3.63) is 40.8 Å². The highest BCUT2D eigenvalue weighted by Crippen LogP contribution is 2.21. The number of aryl methyl sites for hydroxylation is 2. The van der Waals surface area contributed by atoms with E-state index in [1.165, 1.54) is 6.07 Å². The topological polar surface area (TPSA) is 51.8 Å². The lowest BCUT2D eigenvalue weighted by atomic mass is 10.1. The molecule has 2 rings (SSSR count). The first-order chi connectivity index (χ1) is 7.99. The van der Waals surface area contributed by atoms with Crippen LogP contribution in [-0.4, -0.2) is 9.97 Å². The van der Waals surface area contributed by atoms with Crippen LogP contribution in [0.15, 0.2) is 18.2 Å². The number of benzene rings is 1. The van der Waals surface area contributed by atoms with E-state index in [1.807, 2.05) is 13.8 Å². The van der Waals surface area contributed by atoms with Gasteiger partial charge in [0.05, 0.1) is 0 Å². The summed E-state index contributed by atoms with van der Waals surface area (Å²) in [7, 11) is 0. The maximum absolute atomic E-state index is 13.2. The summed E-state index contributed by atoms with van der Waals surface area (Å²) in [6.07, 6.45) is 0. The molecule has 88 valence electrons. The van der Waals surface area contributed by atoms with Gasteiger partial charge in [0.2, 0.25) is 0 Å². The summed E-state index contributed by atoms with van der Waals surface area (Å²) in [5, 5.41) is 0. The average Bonchev–Trinajstić information content (AvgIpc) is 2.29. The van der Waals surface area contributed by atoms with Crippen molar-refractivity contribution in [2.24, 2.45) is 0 Å². The first-order valence-electron chi connectivity index (χ1n) is 5.36. The zero-order valence-corrected chi connectivity index (χ0v) is 10.1. The molecule has 3 nitrogen and oxygen atoms in total. The molecule has 0 amide bonds. The van der Waals surface area contributed by atoms with Gasteiger partial charge in [-0.15, -0.1) is 0 Å². The zero-order chi connectivity index (χ0) is 12.6. The van der Waals surface area contributed by atoms with E-state index >= 15 is 0 Å². The Morgan fingerprint density at radius 3 is 2.41 bits per heavy atom. The molecule has 0 aliphatic carbocycles. The molecule has 1 heterocycles. The van der Waals surface area contributed by atoms with Crippen molar-refractivity contribution in [1.29, 1.82) is 0 Å². The van der Waals surface area contributed by atoms with Gasteiger partial charge in [0.15, 0.2) is 5.82 Å². The van der Waals surface area contributed by atoms with Gasteiger partial charge in [-0.1, -0.05) is 0 Å². The third kappa shape index (κ3) is 2.11. The van der Waals surface area contributed by atoms with Gasteiger partial charge in [0, 0.05) is 16.8 Å². The van der Waals surface area contributed by atoms with Gasteiger partial charge in [-0.2, -0.15) is 0 Å². The third-order valence-corrected chi connectivity index (χ3v) is 2.84. The Morgan fingerprint density at radius 1 is 1.12 bits per heavy atom. The molecule has 1 aromatic carbocycles. The number of aromatic nitrogens is 2. The number of nitrogen functional groups attached to an aromatic ring is 1. The molecule has 0 saturated carbocycles. The van der Waals surface area contributed by atoms with Crippen molar-refractivity contribution in [3.63, 3.8) is 0 Å². The highest BCUT2D eigenvalue weighted by atomic mass is 19.1. The molecule has 0 saturated heterocycles. The van der Waals surface area contributed by atoms with Crippen LogP contribution in [0.25, 0.3) is 11.4 Å². The lowest BCUT2D eigenvalue weighted by Crippen LogP contribution is -2.02. The molecule has 4 heteroatoms. The van der Waals surface area contributed by atoms with Gasteiger partial charge in [0.25, 0.3) is 0 Å². The molecular weight excluding hydrogens is 217 g/mol. The average molecular weight is 231 g/mol. The van der Waals surface area contributed by atoms with Crippen LogP contribution in [0.4, 0.5) is 10.2 Å². The molecule has 0 aliphatic rings. The van der Waals surface area contributed by atoms with Gasteiger partial charge in [-0.25, -0.2) is 14.4 Å². The van der Waals surface area contributed by atoms with Gasteiger partial charge < -0.3 is 5.73 Å². The second-order valence-electron chi connectivity index (χ2n) is 4.11. The van der Waals surface area contributed by atoms with Crippen LogP contribution in [-0.2, 0) is 0 Å². The summed E-state index contributed by atoms with van der Waals surface area (Å²) in [5.41, 5.74) is 8.87. The SMILES string of the molecule is Cc1cc(-c2nc(C)c(C)c(N)n2)ccc1F. The van der Waals surface area contributed by atoms with Gasteiger partial charge in [0.1, 0.15) is 11.6 Å². The van der Waals surface area contributed by atoms with Crippen molar-refractivity contribution < 1.29 is 4.39 Å². The fourth-order valence-electron chi connectivity index (χ4n) is 1.56. The molecule has 0 aliphatic heterocycles. The summed E-state index contributed by atoms with van der Waals surface area (Å²) >= 11 is 0. The molecule has 0 atom stereocenters. The van der Waals surface area contributed by atoms with Gasteiger partial charge in [-0.3, -0.25) is 0 Å². The lowest BCUT2D eigenvalue weighted by Gasteiger charge is -2.07. The van der Waals surface area contributed by atoms with Crippen LogP contribution < -0.4 is 5.73 Å². The van der Waals surface area contributed by atoms with Gasteiger partial charge >= 0.3 is 0 Å². The maximum Gasteiger partial charge on any atom is 0.161 e. The standard InChI is InChI=1S/C13H14FN3/c1-7-6-10(4-5-11(7)14)13-16-9(3)8(2)12(15)17-13/h4-6H,1-3H3,(H2,15,16,17). The van der Waals surface area contributed by atoms with Crippen LogP contribution in [0.1, 0.15) is 16.8 Å². The molecular formula is C13H14FN3. The molecule has 0 radical (unpaired) electrons. The Kier molecular flexibility index (Phi) is 2.79. The van der Waals surface area contributed by atoms with Crippen LogP contribution in [0.3, 0.4) is 0 Å². The first-order valence-corrected chi connectivity index (χ1v) is 5.36. The maximum atomic E-state index is 13.2. The molecule has 0 spiro atoms. The highest BCUT2D eigenvalue weighted by Gasteiger charge is 2.08. The van der Waals surface area contributed by atoms with E-state index in [1.54, 1.807) is 19.1 Å². The molecule has 0 unspecified atom stereocenters. The monoisotopic (exact) mass is 231 g/mol. The summed E-state index contributed by atoms with van der Waals surface area (Å²) < 4.78 is 13.2. The normalized spacial score (nSPS) is 10.6. The Bertz CT molecular complexity index is 556. The molecule has 17 heavy (non-hydrogen) atoms. The van der Waals surface area contributed by atoms with Crippen molar-refractivity contribution in [2.75, 3.05) is 5.73 Å². The van der Waals surface area contributed by atoms with E-state index in [9.17, 15) is 4.39 Å². The summed E-state index contributed by atoms with van der Waals surface area (Å²) in [6.45, 7) is 5.47. The minimum Gasteiger partial charge on any atom is -0.383 e. The first kappa shape index (κ1) is 11.5. The fourth-order valence-corrected chi connectivity index (χ4v) is 1.56. The van der Waals surface area contributed by atoms with E-state index in [2.05, 4.69) is 9.97 Å². The fraction of sp³-hybridized carbons (Fsp3) is 0.231. The molecule has 0 bridgehead atoms. The number of rotatable bonds is 1. The lowest BCUT2D eigenvalue weighted by molar-refractivity contribution is 0.618. The van der Waals surface area contributed by atoms with Crippen molar-refractivity contribution >= 4 is 5.82 Å². The summed E-state index contributed by atoms with van der Waals surface area (Å²) in [5.74, 6) is 0.772. The largest absolute Gasteiger partial charge is 0.383 e. The number of nitrogens with two attached hydrogens (primary N) is 1. The van der Waals surface area contributed by atoms with E-state index in [0.717, 1.165) is 16.8 Å². The predicted octanol–water partition coefficient (Wildman–Crippen LogP) is 2.79. The number of hydrogen-bond acceptors (Lipinski definition) is 3. The molecule has 0 fully saturated rings. The van der Waals surface area contributed by atoms with E-state index < -0.39 is 0 Å². The van der Waals surface area contributed by atoms with Crippen molar-refractivity contribution in [1.82, 2.24) is 9.97 Å². The number of nitrogens with zero attached hydrogens (tertiary/aromatic N) is 2. The Labute approximate surface area is 99.5 Å². The minimum atomic E-state index is -0.231. The third-order valence-electron chi connectivity index (χ3n) is 2.84. The van der Waals surface area contributed by atoms with Crippen molar-refractivity contribution in [3.8, 4) is 11.4 Å². The van der Waals surface area contributed by atoms with Crippen molar-refractivity contribution in [2.45, 2.75) is 20.8 Å². The summed E-state index contributed by atoms with van der Waals surface area (Å²) in [6, 6.07) is 4.80. The highest BCUT2D eigenvalue weighted by molar-refractivity contribution is 5.59. The second-order valence-corrected chi connectivity index (χ2v) is 4.11. The Balaban J connectivity index is 2.57. The molecule has 2 aromatic rings. The number of hydrogen-bond donors (Lipinski definition) is 1. The Morgan fingerprint density at radius 2 is 1.82 bits per heavy atom. The summed E-state index contributed by atoms with van der Waals surface area (Å²) in [4.78, 5) is 8.58. The van der Waals surface area contributed by atoms with E-state index in [0.29, 0.717) is 17.2 Å². The van der Waals surface area contributed by atoms with E-state index in [-0.39, 0.29) is 5.82 Å². The number of halogens is 1. The molecule has 2 N–H and O–H groups in total. The zero-order valence-electron chi connectivity index (χ0n) is 10.1. The number of anilines is 1. The van der Waals surface area contributed by atoms with Crippen LogP contribution in [0, 0.1) is 26.6 Å². The minimum absolute atomic E-state index is 0.231. The van der Waals surface area contributed by atoms with E-state index in [4.69, 9.17) is 5.73 Å². The van der Waals surface area contributed by atoms with Crippen LogP contribution >= 0.6 is 0 Å². The predicted molar refractivity (Wildman–Crippen MR) is 66.0 cm³/mol. The second kappa shape index (κ2) is 4.13. The molecule has 1 aromatic heterocycles. The quantitative estimate of drug-likeness (QED) is 0.821.